The second-order valence-corrected chi connectivity index (χ2v) is 8.37. The van der Waals surface area contributed by atoms with Crippen molar-refractivity contribution in [3.8, 4) is 17.2 Å². The molecule has 2 fully saturated rings. The zero-order valence-corrected chi connectivity index (χ0v) is 17.9. The highest BCUT2D eigenvalue weighted by molar-refractivity contribution is 5.80. The molecule has 2 heterocycles. The average Bonchev–Trinajstić information content (AvgIpc) is 3.57. The SMILES string of the molecule is COc1ccc(N2CCN([C@@H](CNC(=O)C3CC3)c3ccc4c(c3)OCO4)CC2)cc1. The van der Waals surface area contributed by atoms with Gasteiger partial charge in [-0.2, -0.15) is 0 Å². The fourth-order valence-electron chi connectivity index (χ4n) is 4.35. The Bertz CT molecular complexity index is 921. The van der Waals surface area contributed by atoms with Crippen molar-refractivity contribution in [2.24, 2.45) is 5.92 Å². The maximum atomic E-state index is 12.3. The third-order valence-electron chi connectivity index (χ3n) is 6.39. The van der Waals surface area contributed by atoms with Crippen molar-refractivity contribution in [1.82, 2.24) is 10.2 Å². The second kappa shape index (κ2) is 8.67. The van der Waals surface area contributed by atoms with E-state index in [1.807, 2.05) is 18.2 Å². The Morgan fingerprint density at radius 3 is 2.52 bits per heavy atom. The van der Waals surface area contributed by atoms with Gasteiger partial charge in [-0.3, -0.25) is 9.69 Å². The monoisotopic (exact) mass is 423 g/mol. The summed E-state index contributed by atoms with van der Waals surface area (Å²) >= 11 is 0. The maximum Gasteiger partial charge on any atom is 0.231 e. The lowest BCUT2D eigenvalue weighted by molar-refractivity contribution is -0.122. The van der Waals surface area contributed by atoms with Crippen LogP contribution in [0.3, 0.4) is 0 Å². The van der Waals surface area contributed by atoms with Gasteiger partial charge in [-0.25, -0.2) is 0 Å². The van der Waals surface area contributed by atoms with E-state index in [2.05, 4.69) is 39.4 Å². The second-order valence-electron chi connectivity index (χ2n) is 8.37. The van der Waals surface area contributed by atoms with E-state index >= 15 is 0 Å². The number of carbonyl (C=O) groups is 1. The van der Waals surface area contributed by atoms with Gasteiger partial charge in [0, 0.05) is 44.3 Å². The molecule has 31 heavy (non-hydrogen) atoms. The number of ether oxygens (including phenoxy) is 3. The molecule has 5 rings (SSSR count). The summed E-state index contributed by atoms with van der Waals surface area (Å²) in [5, 5.41) is 3.18. The van der Waals surface area contributed by atoms with Gasteiger partial charge in [0.05, 0.1) is 13.2 Å². The molecule has 1 saturated carbocycles. The van der Waals surface area contributed by atoms with Crippen LogP contribution in [0.1, 0.15) is 24.4 Å². The normalized spacial score (nSPS) is 19.2. The summed E-state index contributed by atoms with van der Waals surface area (Å²) in [5.74, 6) is 2.84. The number of rotatable bonds is 7. The van der Waals surface area contributed by atoms with Gasteiger partial charge in [0.1, 0.15) is 5.75 Å². The minimum absolute atomic E-state index is 0.107. The molecule has 1 aliphatic carbocycles. The first-order chi connectivity index (χ1) is 15.2. The van der Waals surface area contributed by atoms with Gasteiger partial charge in [-0.05, 0) is 54.8 Å². The van der Waals surface area contributed by atoms with Crippen molar-refractivity contribution >= 4 is 11.6 Å². The smallest absolute Gasteiger partial charge is 0.231 e. The summed E-state index contributed by atoms with van der Waals surface area (Å²) in [4.78, 5) is 17.2. The van der Waals surface area contributed by atoms with Gasteiger partial charge in [0.2, 0.25) is 12.7 Å². The third kappa shape index (κ3) is 4.42. The number of hydrogen-bond acceptors (Lipinski definition) is 6. The Balaban J connectivity index is 1.28. The Morgan fingerprint density at radius 2 is 1.81 bits per heavy atom. The third-order valence-corrected chi connectivity index (χ3v) is 6.39. The molecule has 0 radical (unpaired) electrons. The number of amides is 1. The van der Waals surface area contributed by atoms with Crippen molar-refractivity contribution in [3.05, 3.63) is 48.0 Å². The maximum absolute atomic E-state index is 12.3. The Labute approximate surface area is 182 Å². The molecule has 2 aliphatic heterocycles. The van der Waals surface area contributed by atoms with Crippen LogP contribution in [0.4, 0.5) is 5.69 Å². The Morgan fingerprint density at radius 1 is 1.06 bits per heavy atom. The summed E-state index contributed by atoms with van der Waals surface area (Å²) in [6.45, 7) is 4.59. The standard InChI is InChI=1S/C24H29N3O4/c1-29-20-7-5-19(6-8-20)26-10-12-27(13-11-26)21(15-25-24(28)17-2-3-17)18-4-9-22-23(14-18)31-16-30-22/h4-9,14,17,21H,2-3,10-13,15-16H2,1H3,(H,25,28)/t21-/m0/s1. The first-order valence-electron chi connectivity index (χ1n) is 11.0. The molecular formula is C24H29N3O4. The van der Waals surface area contributed by atoms with Crippen molar-refractivity contribution < 1.29 is 19.0 Å². The quantitative estimate of drug-likeness (QED) is 0.739. The molecule has 2 aromatic rings. The first kappa shape index (κ1) is 20.0. The van der Waals surface area contributed by atoms with Gasteiger partial charge in [0.15, 0.2) is 11.5 Å². The number of fused-ring (bicyclic) bond motifs is 1. The fraction of sp³-hybridized carbons (Fsp3) is 0.458. The number of anilines is 1. The molecule has 1 atom stereocenters. The number of nitrogens with one attached hydrogen (secondary N) is 1. The molecule has 1 N–H and O–H groups in total. The summed E-state index contributed by atoms with van der Waals surface area (Å²) in [5.41, 5.74) is 2.36. The highest BCUT2D eigenvalue weighted by Crippen LogP contribution is 2.36. The molecule has 1 saturated heterocycles. The van der Waals surface area contributed by atoms with E-state index in [1.165, 1.54) is 5.69 Å². The molecule has 0 unspecified atom stereocenters. The lowest BCUT2D eigenvalue weighted by atomic mass is 10.0. The number of benzene rings is 2. The van der Waals surface area contributed by atoms with Crippen LogP contribution in [-0.2, 0) is 4.79 Å². The summed E-state index contributed by atoms with van der Waals surface area (Å²) < 4.78 is 16.3. The molecule has 7 nitrogen and oxygen atoms in total. The van der Waals surface area contributed by atoms with Crippen LogP contribution < -0.4 is 24.4 Å². The van der Waals surface area contributed by atoms with E-state index in [9.17, 15) is 4.79 Å². The van der Waals surface area contributed by atoms with Gasteiger partial charge in [-0.1, -0.05) is 6.07 Å². The molecule has 3 aliphatic rings. The topological polar surface area (TPSA) is 63.3 Å². The van der Waals surface area contributed by atoms with E-state index in [1.54, 1.807) is 7.11 Å². The molecule has 0 aromatic heterocycles. The van der Waals surface area contributed by atoms with Crippen molar-refractivity contribution in [3.63, 3.8) is 0 Å². The molecule has 0 spiro atoms. The minimum atomic E-state index is 0.107. The van der Waals surface area contributed by atoms with Crippen molar-refractivity contribution in [2.75, 3.05) is 51.5 Å². The van der Waals surface area contributed by atoms with Gasteiger partial charge in [-0.15, -0.1) is 0 Å². The van der Waals surface area contributed by atoms with Crippen LogP contribution >= 0.6 is 0 Å². The van der Waals surface area contributed by atoms with E-state index in [0.717, 1.165) is 61.8 Å². The van der Waals surface area contributed by atoms with Crippen LogP contribution in [0.2, 0.25) is 0 Å². The van der Waals surface area contributed by atoms with Crippen molar-refractivity contribution in [1.29, 1.82) is 0 Å². The number of carbonyl (C=O) groups excluding carboxylic acids is 1. The summed E-state index contributed by atoms with van der Waals surface area (Å²) in [7, 11) is 1.69. The highest BCUT2D eigenvalue weighted by Gasteiger charge is 2.32. The number of methoxy groups -OCH3 is 1. The zero-order valence-electron chi connectivity index (χ0n) is 17.9. The van der Waals surface area contributed by atoms with E-state index in [4.69, 9.17) is 14.2 Å². The highest BCUT2D eigenvalue weighted by atomic mass is 16.7. The first-order valence-corrected chi connectivity index (χ1v) is 11.0. The minimum Gasteiger partial charge on any atom is -0.497 e. The van der Waals surface area contributed by atoms with E-state index < -0.39 is 0 Å². The molecule has 7 heteroatoms. The molecular weight excluding hydrogens is 394 g/mol. The predicted molar refractivity (Wildman–Crippen MR) is 118 cm³/mol. The molecule has 0 bridgehead atoms. The lowest BCUT2D eigenvalue weighted by Gasteiger charge is -2.40. The number of nitrogens with zero attached hydrogens (tertiary/aromatic N) is 2. The van der Waals surface area contributed by atoms with Crippen LogP contribution in [0.25, 0.3) is 0 Å². The van der Waals surface area contributed by atoms with Crippen LogP contribution in [0.5, 0.6) is 17.2 Å². The summed E-state index contributed by atoms with van der Waals surface area (Å²) in [6.07, 6.45) is 2.03. The van der Waals surface area contributed by atoms with E-state index in [-0.39, 0.29) is 24.7 Å². The Kier molecular flexibility index (Phi) is 5.59. The van der Waals surface area contributed by atoms with Gasteiger partial charge in [0.25, 0.3) is 0 Å². The largest absolute Gasteiger partial charge is 0.497 e. The summed E-state index contributed by atoms with van der Waals surface area (Å²) in [6, 6.07) is 14.5. The molecule has 1 amide bonds. The number of piperazine rings is 1. The Hall–Kier alpha value is -2.93. The molecule has 2 aromatic carbocycles. The van der Waals surface area contributed by atoms with Gasteiger partial charge < -0.3 is 24.4 Å². The zero-order chi connectivity index (χ0) is 21.2. The van der Waals surface area contributed by atoms with E-state index in [0.29, 0.717) is 6.54 Å². The average molecular weight is 424 g/mol. The van der Waals surface area contributed by atoms with Gasteiger partial charge >= 0.3 is 0 Å². The predicted octanol–water partition coefficient (Wildman–Crippen LogP) is 2.81. The fourth-order valence-corrected chi connectivity index (χ4v) is 4.35. The van der Waals surface area contributed by atoms with Crippen LogP contribution in [0, 0.1) is 5.92 Å². The number of hydrogen-bond donors (Lipinski definition) is 1. The van der Waals surface area contributed by atoms with Crippen LogP contribution in [0.15, 0.2) is 42.5 Å². The van der Waals surface area contributed by atoms with Crippen molar-refractivity contribution in [2.45, 2.75) is 18.9 Å². The lowest BCUT2D eigenvalue weighted by Crippen LogP contribution is -2.50. The molecule has 164 valence electrons. The van der Waals surface area contributed by atoms with Crippen LogP contribution in [-0.4, -0.2) is 57.4 Å².